The summed E-state index contributed by atoms with van der Waals surface area (Å²) >= 11 is 12.2. The zero-order valence-corrected chi connectivity index (χ0v) is 23.4. The van der Waals surface area contributed by atoms with Crippen LogP contribution < -0.4 is 9.62 Å². The van der Waals surface area contributed by atoms with Crippen molar-refractivity contribution in [2.45, 2.75) is 38.3 Å². The molecule has 0 heterocycles. The number of halogens is 2. The van der Waals surface area contributed by atoms with E-state index in [0.717, 1.165) is 15.4 Å². The number of hydrogen-bond acceptors (Lipinski definition) is 4. The molecule has 0 aliphatic heterocycles. The summed E-state index contributed by atoms with van der Waals surface area (Å²) in [6.45, 7) is 4.81. The van der Waals surface area contributed by atoms with E-state index in [9.17, 15) is 18.0 Å². The summed E-state index contributed by atoms with van der Waals surface area (Å²) in [7, 11) is -2.63. The van der Waals surface area contributed by atoms with E-state index in [4.69, 9.17) is 23.2 Å². The molecule has 37 heavy (non-hydrogen) atoms. The van der Waals surface area contributed by atoms with Crippen LogP contribution in [0.1, 0.15) is 23.6 Å². The number of aryl methyl sites for hydroxylation is 2. The first-order valence-electron chi connectivity index (χ1n) is 11.5. The van der Waals surface area contributed by atoms with Gasteiger partial charge in [0.25, 0.3) is 10.0 Å². The molecule has 0 aromatic heterocycles. The van der Waals surface area contributed by atoms with E-state index in [1.54, 1.807) is 55.5 Å². The first-order valence-corrected chi connectivity index (χ1v) is 13.7. The van der Waals surface area contributed by atoms with Gasteiger partial charge >= 0.3 is 0 Å². The minimum absolute atomic E-state index is 0.0242. The number of nitrogens with one attached hydrogen (secondary N) is 1. The number of anilines is 1. The zero-order valence-electron chi connectivity index (χ0n) is 21.0. The van der Waals surface area contributed by atoms with Gasteiger partial charge in [-0.15, -0.1) is 0 Å². The van der Waals surface area contributed by atoms with Gasteiger partial charge in [-0.3, -0.25) is 13.9 Å². The SMILES string of the molecule is CNC(=O)C(C)N(Cc1ccc(Cl)c(Cl)c1)C(=O)CN(c1cc(C)cc(C)c1)S(=O)(=O)c1ccccc1. The molecule has 196 valence electrons. The topological polar surface area (TPSA) is 86.8 Å². The summed E-state index contributed by atoms with van der Waals surface area (Å²) in [5.74, 6) is -0.946. The average Bonchev–Trinajstić information content (AvgIpc) is 2.86. The predicted octanol–water partition coefficient (Wildman–Crippen LogP) is 4.97. The van der Waals surface area contributed by atoms with Crippen molar-refractivity contribution < 1.29 is 18.0 Å². The molecule has 0 aliphatic rings. The van der Waals surface area contributed by atoms with Crippen LogP contribution in [0.25, 0.3) is 0 Å². The van der Waals surface area contributed by atoms with E-state index >= 15 is 0 Å². The number of likely N-dealkylation sites (N-methyl/N-ethyl adjacent to an activating group) is 1. The fourth-order valence-electron chi connectivity index (χ4n) is 3.97. The number of amides is 2. The van der Waals surface area contributed by atoms with E-state index in [1.165, 1.54) is 24.1 Å². The van der Waals surface area contributed by atoms with Crippen LogP contribution in [0, 0.1) is 13.8 Å². The number of carbonyl (C=O) groups excluding carboxylic acids is 2. The van der Waals surface area contributed by atoms with Gasteiger partial charge in [-0.1, -0.05) is 53.5 Å². The second kappa shape index (κ2) is 12.0. The van der Waals surface area contributed by atoms with E-state index in [0.29, 0.717) is 21.3 Å². The van der Waals surface area contributed by atoms with Crippen molar-refractivity contribution in [2.24, 2.45) is 0 Å². The Bertz CT molecular complexity index is 1380. The highest BCUT2D eigenvalue weighted by molar-refractivity contribution is 7.92. The molecule has 3 rings (SSSR count). The second-order valence-electron chi connectivity index (χ2n) is 8.73. The Hall–Kier alpha value is -3.07. The molecule has 3 aromatic carbocycles. The van der Waals surface area contributed by atoms with Crippen LogP contribution in [0.2, 0.25) is 10.0 Å². The molecular formula is C27H29Cl2N3O4S. The third-order valence-corrected chi connectivity index (χ3v) is 8.38. The summed E-state index contributed by atoms with van der Waals surface area (Å²) < 4.78 is 28.6. The normalized spacial score (nSPS) is 12.1. The minimum atomic E-state index is -4.11. The predicted molar refractivity (Wildman–Crippen MR) is 147 cm³/mol. The van der Waals surface area contributed by atoms with Crippen LogP contribution in [0.15, 0.2) is 71.6 Å². The summed E-state index contributed by atoms with van der Waals surface area (Å²) in [4.78, 5) is 27.7. The zero-order chi connectivity index (χ0) is 27.3. The Morgan fingerprint density at radius 2 is 1.54 bits per heavy atom. The van der Waals surface area contributed by atoms with E-state index < -0.39 is 34.4 Å². The van der Waals surface area contributed by atoms with Gasteiger partial charge in [0.2, 0.25) is 11.8 Å². The lowest BCUT2D eigenvalue weighted by Crippen LogP contribution is -2.50. The highest BCUT2D eigenvalue weighted by Gasteiger charge is 2.32. The molecule has 0 radical (unpaired) electrons. The third-order valence-electron chi connectivity index (χ3n) is 5.86. The Balaban J connectivity index is 2.06. The summed E-state index contributed by atoms with van der Waals surface area (Å²) in [6, 6.07) is 17.3. The third kappa shape index (κ3) is 6.83. The summed E-state index contributed by atoms with van der Waals surface area (Å²) in [6.07, 6.45) is 0. The van der Waals surface area contributed by atoms with Crippen LogP contribution in [-0.2, 0) is 26.2 Å². The maximum absolute atomic E-state index is 13.8. The highest BCUT2D eigenvalue weighted by Crippen LogP contribution is 2.27. The molecule has 0 saturated carbocycles. The quantitative estimate of drug-likeness (QED) is 0.399. The van der Waals surface area contributed by atoms with Gasteiger partial charge in [0.15, 0.2) is 0 Å². The van der Waals surface area contributed by atoms with Crippen molar-refractivity contribution in [1.29, 1.82) is 0 Å². The number of carbonyl (C=O) groups is 2. The molecule has 0 saturated heterocycles. The standard InChI is InChI=1S/C27H29Cl2N3O4S/c1-18-12-19(2)14-22(13-18)32(37(35,36)23-8-6-5-7-9-23)17-26(33)31(20(3)27(34)30-4)16-21-10-11-24(28)25(29)15-21/h5-15,20H,16-17H2,1-4H3,(H,30,34). The van der Waals surface area contributed by atoms with Crippen LogP contribution in [-0.4, -0.2) is 44.8 Å². The monoisotopic (exact) mass is 561 g/mol. The van der Waals surface area contributed by atoms with Crippen LogP contribution in [0.3, 0.4) is 0 Å². The van der Waals surface area contributed by atoms with Crippen molar-refractivity contribution in [2.75, 3.05) is 17.9 Å². The molecule has 7 nitrogen and oxygen atoms in total. The van der Waals surface area contributed by atoms with Crippen LogP contribution in [0.4, 0.5) is 5.69 Å². The van der Waals surface area contributed by atoms with Crippen molar-refractivity contribution in [3.8, 4) is 0 Å². The maximum Gasteiger partial charge on any atom is 0.264 e. The number of nitrogens with zero attached hydrogens (tertiary/aromatic N) is 2. The van der Waals surface area contributed by atoms with Gasteiger partial charge in [-0.25, -0.2) is 8.42 Å². The smallest absolute Gasteiger partial charge is 0.264 e. The molecule has 10 heteroatoms. The average molecular weight is 563 g/mol. The summed E-state index contributed by atoms with van der Waals surface area (Å²) in [5, 5.41) is 3.22. The fraction of sp³-hybridized carbons (Fsp3) is 0.259. The molecule has 1 unspecified atom stereocenters. The molecule has 0 spiro atoms. The molecule has 1 atom stereocenters. The maximum atomic E-state index is 13.8. The second-order valence-corrected chi connectivity index (χ2v) is 11.4. The van der Waals surface area contributed by atoms with Gasteiger partial charge in [0.05, 0.1) is 20.6 Å². The summed E-state index contributed by atoms with van der Waals surface area (Å²) in [5.41, 5.74) is 2.70. The molecule has 0 fully saturated rings. The van der Waals surface area contributed by atoms with Gasteiger partial charge < -0.3 is 10.2 Å². The molecule has 3 aromatic rings. The minimum Gasteiger partial charge on any atom is -0.357 e. The van der Waals surface area contributed by atoms with Crippen molar-refractivity contribution in [1.82, 2.24) is 10.2 Å². The van der Waals surface area contributed by atoms with E-state index in [-0.39, 0.29) is 11.4 Å². The lowest BCUT2D eigenvalue weighted by Gasteiger charge is -2.32. The van der Waals surface area contributed by atoms with Crippen molar-refractivity contribution in [3.63, 3.8) is 0 Å². The molecular weight excluding hydrogens is 533 g/mol. The van der Waals surface area contributed by atoms with E-state index in [2.05, 4.69) is 5.32 Å². The lowest BCUT2D eigenvalue weighted by molar-refractivity contribution is -0.139. The van der Waals surface area contributed by atoms with E-state index in [1.807, 2.05) is 19.9 Å². The van der Waals surface area contributed by atoms with Gasteiger partial charge in [-0.05, 0) is 73.9 Å². The molecule has 1 N–H and O–H groups in total. The van der Waals surface area contributed by atoms with Gasteiger partial charge in [-0.2, -0.15) is 0 Å². The largest absolute Gasteiger partial charge is 0.357 e. The lowest BCUT2D eigenvalue weighted by atomic mass is 10.1. The molecule has 0 aliphatic carbocycles. The fourth-order valence-corrected chi connectivity index (χ4v) is 5.71. The van der Waals surface area contributed by atoms with Gasteiger partial charge in [0, 0.05) is 13.6 Å². The first-order chi connectivity index (χ1) is 17.4. The number of hydrogen-bond donors (Lipinski definition) is 1. The Morgan fingerprint density at radius 1 is 0.919 bits per heavy atom. The van der Waals surface area contributed by atoms with Crippen molar-refractivity contribution >= 4 is 50.7 Å². The molecule has 2 amide bonds. The number of rotatable bonds is 9. The van der Waals surface area contributed by atoms with Crippen LogP contribution in [0.5, 0.6) is 0 Å². The Morgan fingerprint density at radius 3 is 2.11 bits per heavy atom. The van der Waals surface area contributed by atoms with Gasteiger partial charge in [0.1, 0.15) is 12.6 Å². The molecule has 0 bridgehead atoms. The Kier molecular flexibility index (Phi) is 9.23. The number of benzene rings is 3. The van der Waals surface area contributed by atoms with Crippen molar-refractivity contribution in [3.05, 3.63) is 93.5 Å². The Labute approximate surface area is 228 Å². The van der Waals surface area contributed by atoms with Crippen LogP contribution >= 0.6 is 23.2 Å². The first kappa shape index (κ1) is 28.5. The number of sulfonamides is 1. The highest BCUT2D eigenvalue weighted by atomic mass is 35.5.